The van der Waals surface area contributed by atoms with Crippen LogP contribution in [0.5, 0.6) is 0 Å². The summed E-state index contributed by atoms with van der Waals surface area (Å²) in [4.78, 5) is 44.4. The number of anilines is 1. The Hall–Kier alpha value is -4.05. The first-order valence-electron chi connectivity index (χ1n) is 11.1. The Balaban J connectivity index is 1.60. The SMILES string of the molecule is CC(C)n1ncc2c(C(=O)OCC(=O)N(CCC(N)=O)c3ccccc3)cc(-c3cccs3)nc21. The fourth-order valence-corrected chi connectivity index (χ4v) is 4.31. The van der Waals surface area contributed by atoms with E-state index < -0.39 is 24.4 Å². The Labute approximate surface area is 206 Å². The number of esters is 1. The molecule has 0 radical (unpaired) electrons. The summed E-state index contributed by atoms with van der Waals surface area (Å²) >= 11 is 1.51. The molecule has 0 aliphatic heterocycles. The minimum atomic E-state index is -0.658. The van der Waals surface area contributed by atoms with Gasteiger partial charge in [0.15, 0.2) is 12.3 Å². The smallest absolute Gasteiger partial charge is 0.339 e. The number of pyridine rings is 1. The lowest BCUT2D eigenvalue weighted by atomic mass is 10.1. The van der Waals surface area contributed by atoms with Crippen LogP contribution in [-0.4, -0.2) is 45.7 Å². The van der Waals surface area contributed by atoms with Crippen LogP contribution in [0, 0.1) is 0 Å². The predicted molar refractivity (Wildman–Crippen MR) is 134 cm³/mol. The molecule has 4 aromatic rings. The lowest BCUT2D eigenvalue weighted by molar-refractivity contribution is -0.121. The topological polar surface area (TPSA) is 120 Å². The van der Waals surface area contributed by atoms with Gasteiger partial charge in [-0.3, -0.25) is 9.59 Å². The van der Waals surface area contributed by atoms with E-state index in [0.29, 0.717) is 22.4 Å². The highest BCUT2D eigenvalue weighted by molar-refractivity contribution is 7.13. The number of hydrogen-bond acceptors (Lipinski definition) is 7. The second kappa shape index (κ2) is 10.5. The third-order valence-electron chi connectivity index (χ3n) is 5.33. The minimum Gasteiger partial charge on any atom is -0.452 e. The standard InChI is InChI=1S/C25H25N5O4S/c1-16(2)30-24-19(14-27-30)18(13-20(28-24)21-9-6-12-35-21)25(33)34-15-23(32)29(11-10-22(26)31)17-7-4-3-5-8-17/h3-9,12-14,16H,10-11,15H2,1-2H3,(H2,26,31). The van der Waals surface area contributed by atoms with Gasteiger partial charge in [-0.15, -0.1) is 11.3 Å². The number of para-hydroxylation sites is 1. The van der Waals surface area contributed by atoms with Crippen molar-refractivity contribution in [3.8, 4) is 10.6 Å². The Morgan fingerprint density at radius 2 is 1.91 bits per heavy atom. The number of aromatic nitrogens is 3. The Morgan fingerprint density at radius 1 is 1.14 bits per heavy atom. The van der Waals surface area contributed by atoms with Crippen LogP contribution in [0.25, 0.3) is 21.6 Å². The molecule has 180 valence electrons. The molecule has 0 unspecified atom stereocenters. The van der Waals surface area contributed by atoms with E-state index in [0.717, 1.165) is 4.88 Å². The summed E-state index contributed by atoms with van der Waals surface area (Å²) in [5, 5.41) is 6.87. The van der Waals surface area contributed by atoms with Gasteiger partial charge in [-0.05, 0) is 43.5 Å². The molecule has 2 amide bonds. The maximum Gasteiger partial charge on any atom is 0.339 e. The van der Waals surface area contributed by atoms with Gasteiger partial charge < -0.3 is 15.4 Å². The van der Waals surface area contributed by atoms with Crippen molar-refractivity contribution in [2.24, 2.45) is 5.73 Å². The fraction of sp³-hybridized carbons (Fsp3) is 0.240. The van der Waals surface area contributed by atoms with Crippen molar-refractivity contribution in [1.82, 2.24) is 14.8 Å². The molecule has 0 spiro atoms. The second-order valence-electron chi connectivity index (χ2n) is 8.13. The number of carbonyl (C=O) groups excluding carboxylic acids is 3. The zero-order valence-corrected chi connectivity index (χ0v) is 20.2. The lowest BCUT2D eigenvalue weighted by Gasteiger charge is -2.22. The molecule has 10 heteroatoms. The summed E-state index contributed by atoms with van der Waals surface area (Å²) in [5.74, 6) is -1.65. The molecule has 3 heterocycles. The Kier molecular flexibility index (Phi) is 7.21. The molecular weight excluding hydrogens is 466 g/mol. The average molecular weight is 492 g/mol. The fourth-order valence-electron chi connectivity index (χ4n) is 3.63. The van der Waals surface area contributed by atoms with Gasteiger partial charge in [0, 0.05) is 24.7 Å². The quantitative estimate of drug-likeness (QED) is 0.356. The van der Waals surface area contributed by atoms with Crippen LogP contribution in [0.3, 0.4) is 0 Å². The highest BCUT2D eigenvalue weighted by atomic mass is 32.1. The van der Waals surface area contributed by atoms with Crippen LogP contribution in [-0.2, 0) is 14.3 Å². The van der Waals surface area contributed by atoms with E-state index in [-0.39, 0.29) is 24.6 Å². The summed E-state index contributed by atoms with van der Waals surface area (Å²) in [6.07, 6.45) is 1.57. The van der Waals surface area contributed by atoms with E-state index in [1.54, 1.807) is 41.2 Å². The number of ether oxygens (including phenoxy) is 1. The third kappa shape index (κ3) is 5.38. The lowest BCUT2D eigenvalue weighted by Crippen LogP contribution is -2.37. The average Bonchev–Trinajstić information content (AvgIpc) is 3.53. The molecule has 0 aliphatic carbocycles. The first-order chi connectivity index (χ1) is 16.8. The van der Waals surface area contributed by atoms with Crippen molar-refractivity contribution >= 4 is 45.8 Å². The number of fused-ring (bicyclic) bond motifs is 1. The monoisotopic (exact) mass is 491 g/mol. The first-order valence-corrected chi connectivity index (χ1v) is 12.0. The largest absolute Gasteiger partial charge is 0.452 e. The van der Waals surface area contributed by atoms with Crippen molar-refractivity contribution in [1.29, 1.82) is 0 Å². The number of rotatable bonds is 9. The van der Waals surface area contributed by atoms with Crippen LogP contribution < -0.4 is 10.6 Å². The van der Waals surface area contributed by atoms with Gasteiger partial charge >= 0.3 is 5.97 Å². The Bertz CT molecular complexity index is 1350. The van der Waals surface area contributed by atoms with E-state index in [2.05, 4.69) is 5.10 Å². The zero-order chi connectivity index (χ0) is 24.9. The molecule has 0 saturated carbocycles. The Morgan fingerprint density at radius 3 is 2.57 bits per heavy atom. The molecule has 0 bridgehead atoms. The molecule has 0 saturated heterocycles. The molecular formula is C25H25N5O4S. The number of nitrogens with zero attached hydrogens (tertiary/aromatic N) is 4. The second-order valence-corrected chi connectivity index (χ2v) is 9.07. The maximum absolute atomic E-state index is 13.2. The number of amides is 2. The molecule has 9 nitrogen and oxygen atoms in total. The summed E-state index contributed by atoms with van der Waals surface area (Å²) in [7, 11) is 0. The van der Waals surface area contributed by atoms with E-state index in [1.807, 2.05) is 37.4 Å². The van der Waals surface area contributed by atoms with E-state index in [4.69, 9.17) is 15.5 Å². The number of thiophene rings is 1. The number of carbonyl (C=O) groups is 3. The number of primary amides is 1. The molecule has 0 atom stereocenters. The normalized spacial score (nSPS) is 11.1. The van der Waals surface area contributed by atoms with Crippen LogP contribution in [0.2, 0.25) is 0 Å². The number of benzene rings is 1. The van der Waals surface area contributed by atoms with Crippen molar-refractivity contribution in [2.45, 2.75) is 26.3 Å². The first kappa shape index (κ1) is 24.1. The van der Waals surface area contributed by atoms with E-state index in [1.165, 1.54) is 16.2 Å². The minimum absolute atomic E-state index is 0.0158. The molecule has 0 fully saturated rings. The van der Waals surface area contributed by atoms with Crippen molar-refractivity contribution in [3.05, 3.63) is 65.7 Å². The number of nitrogens with two attached hydrogens (primary N) is 1. The molecule has 0 aliphatic rings. The highest BCUT2D eigenvalue weighted by Crippen LogP contribution is 2.29. The van der Waals surface area contributed by atoms with Crippen molar-refractivity contribution < 1.29 is 19.1 Å². The van der Waals surface area contributed by atoms with Gasteiger partial charge in [0.05, 0.1) is 27.7 Å². The van der Waals surface area contributed by atoms with Gasteiger partial charge in [0.1, 0.15) is 0 Å². The highest BCUT2D eigenvalue weighted by Gasteiger charge is 2.23. The molecule has 3 aromatic heterocycles. The third-order valence-corrected chi connectivity index (χ3v) is 6.22. The summed E-state index contributed by atoms with van der Waals surface area (Å²) in [6.45, 7) is 3.54. The predicted octanol–water partition coefficient (Wildman–Crippen LogP) is 3.81. The molecule has 35 heavy (non-hydrogen) atoms. The van der Waals surface area contributed by atoms with Gasteiger partial charge in [-0.2, -0.15) is 5.10 Å². The van der Waals surface area contributed by atoms with Crippen LogP contribution in [0.4, 0.5) is 5.69 Å². The summed E-state index contributed by atoms with van der Waals surface area (Å²) < 4.78 is 7.19. The molecule has 2 N–H and O–H groups in total. The molecule has 4 rings (SSSR count). The van der Waals surface area contributed by atoms with Crippen LogP contribution in [0.1, 0.15) is 36.7 Å². The van der Waals surface area contributed by atoms with Crippen molar-refractivity contribution in [2.75, 3.05) is 18.1 Å². The molecule has 1 aromatic carbocycles. The summed E-state index contributed by atoms with van der Waals surface area (Å²) in [5.41, 5.74) is 7.33. The number of hydrogen-bond donors (Lipinski definition) is 1. The maximum atomic E-state index is 13.2. The van der Waals surface area contributed by atoms with Crippen LogP contribution in [0.15, 0.2) is 60.1 Å². The van der Waals surface area contributed by atoms with Crippen molar-refractivity contribution in [3.63, 3.8) is 0 Å². The van der Waals surface area contributed by atoms with Gasteiger partial charge in [-0.1, -0.05) is 24.3 Å². The van der Waals surface area contributed by atoms with Gasteiger partial charge in [0.2, 0.25) is 5.91 Å². The van der Waals surface area contributed by atoms with Gasteiger partial charge in [-0.25, -0.2) is 14.5 Å². The summed E-state index contributed by atoms with van der Waals surface area (Å²) in [6, 6.07) is 14.4. The van der Waals surface area contributed by atoms with E-state index >= 15 is 0 Å². The van der Waals surface area contributed by atoms with Crippen LogP contribution >= 0.6 is 11.3 Å². The van der Waals surface area contributed by atoms with Gasteiger partial charge in [0.25, 0.3) is 5.91 Å². The van der Waals surface area contributed by atoms with E-state index in [9.17, 15) is 14.4 Å². The zero-order valence-electron chi connectivity index (χ0n) is 19.4.